The minimum Gasteiger partial charge on any atom is -0.870 e. The van der Waals surface area contributed by atoms with Crippen molar-refractivity contribution in [3.63, 3.8) is 0 Å². The number of carbonyl (C=O) groups excluding carboxylic acids is 4. The van der Waals surface area contributed by atoms with Gasteiger partial charge in [-0.15, -0.1) is 11.6 Å². The predicted molar refractivity (Wildman–Crippen MR) is 230 cm³/mol. The molecule has 0 unspecified atom stereocenters. The molecule has 6 aromatic carbocycles. The van der Waals surface area contributed by atoms with E-state index in [0.29, 0.717) is 66.2 Å². The largest absolute Gasteiger partial charge is 1.00 e. The second-order valence-corrected chi connectivity index (χ2v) is 15.2. The van der Waals surface area contributed by atoms with Gasteiger partial charge in [0.1, 0.15) is 5.52 Å². The van der Waals surface area contributed by atoms with Crippen molar-refractivity contribution >= 4 is 80.8 Å². The molecule has 0 fully saturated rings. The smallest absolute Gasteiger partial charge is 0.870 e. The van der Waals surface area contributed by atoms with Crippen molar-refractivity contribution in [2.75, 3.05) is 0 Å². The van der Waals surface area contributed by atoms with Crippen LogP contribution in [-0.2, 0) is 11.6 Å². The number of aromatic amines is 3. The van der Waals surface area contributed by atoms with Crippen molar-refractivity contribution < 1.29 is 76.0 Å². The van der Waals surface area contributed by atoms with E-state index in [2.05, 4.69) is 52.0 Å². The van der Waals surface area contributed by atoms with Gasteiger partial charge < -0.3 is 20.4 Å². The summed E-state index contributed by atoms with van der Waals surface area (Å²) >= 11 is 12.3. The van der Waals surface area contributed by atoms with Crippen molar-refractivity contribution in [1.29, 1.82) is 0 Å². The SMILES string of the molecule is Cc1ccccc1CCl.Cc1ccccc1CSc1nc2c3c(ccc2[nH]1)C(=O)c1ccccc1C3=O.O=C1c2ccccc2C(=O)c2c1ccc1[nH]c(=S)[nH]c21.[K+].[OH-]. The number of nitrogens with zero attached hydrogens (tertiary/aromatic N) is 1. The third kappa shape index (κ3) is 8.56. The van der Waals surface area contributed by atoms with Gasteiger partial charge in [-0.2, -0.15) is 0 Å². The molecule has 0 amide bonds. The number of alkyl halides is 1. The molecule has 0 aliphatic heterocycles. The number of imidazole rings is 2. The Bertz CT molecular complexity index is 3010. The molecule has 13 heteroatoms. The second kappa shape index (κ2) is 18.8. The van der Waals surface area contributed by atoms with Crippen molar-refractivity contribution in [1.82, 2.24) is 19.9 Å². The second-order valence-electron chi connectivity index (χ2n) is 13.6. The molecule has 0 spiro atoms. The monoisotopic (exact) mass is 860 g/mol. The van der Waals surface area contributed by atoms with E-state index in [1.165, 1.54) is 22.3 Å². The summed E-state index contributed by atoms with van der Waals surface area (Å²) in [4.78, 5) is 65.0. The Morgan fingerprint density at radius 2 is 1.03 bits per heavy atom. The van der Waals surface area contributed by atoms with Crippen LogP contribution in [0.15, 0.2) is 126 Å². The minimum atomic E-state index is -0.147. The quantitative estimate of drug-likeness (QED) is 0.0711. The maximum absolute atomic E-state index is 13.1. The summed E-state index contributed by atoms with van der Waals surface area (Å²) in [7, 11) is 0. The summed E-state index contributed by atoms with van der Waals surface area (Å²) < 4.78 is 0.438. The van der Waals surface area contributed by atoms with Crippen LogP contribution >= 0.6 is 35.6 Å². The Morgan fingerprint density at radius 3 is 1.58 bits per heavy atom. The number of ketones is 4. The van der Waals surface area contributed by atoms with Crippen LogP contribution in [0.3, 0.4) is 0 Å². The standard InChI is InChI=1S/C23H16N2O2S.C15H8N2O2S.C8H9Cl.K.H2O/c1-13-6-2-3-7-14(13)12-28-23-24-18-11-10-17-19(20(18)25-23)22(27)16-9-5-4-8-15(16)21(17)26;18-13-7-3-1-2-4-8(7)14(19)11-9(13)5-6-10-12(11)17-15(20)16-10;1-7-4-2-3-5-8(7)6-9;;/h2-11H,12H2,1H3,(H,24,25);1-6H,(H2,16,17,20);2-5H,6H2,1H3;;1H2/q;;;+1;/p-1. The fourth-order valence-corrected chi connectivity index (χ4v) is 8.53. The number of benzene rings is 6. The van der Waals surface area contributed by atoms with Gasteiger partial charge in [0, 0.05) is 45.0 Å². The van der Waals surface area contributed by atoms with Gasteiger partial charge in [-0.3, -0.25) is 19.2 Å². The van der Waals surface area contributed by atoms with Crippen LogP contribution in [0.25, 0.3) is 22.1 Å². The van der Waals surface area contributed by atoms with E-state index < -0.39 is 0 Å². The molecule has 0 saturated heterocycles. The molecule has 8 aromatic rings. The van der Waals surface area contributed by atoms with E-state index >= 15 is 0 Å². The summed E-state index contributed by atoms with van der Waals surface area (Å²) in [5.74, 6) is 0.863. The summed E-state index contributed by atoms with van der Waals surface area (Å²) in [5.41, 5.74) is 11.1. The number of H-pyrrole nitrogens is 3. The molecule has 2 heterocycles. The first-order chi connectivity index (χ1) is 27.6. The van der Waals surface area contributed by atoms with Gasteiger partial charge in [-0.05, 0) is 72.6 Å². The van der Waals surface area contributed by atoms with Crippen molar-refractivity contribution in [2.45, 2.75) is 30.6 Å². The number of rotatable bonds is 4. The first-order valence-electron chi connectivity index (χ1n) is 18.1. The summed E-state index contributed by atoms with van der Waals surface area (Å²) in [6.45, 7) is 4.16. The molecule has 0 bridgehead atoms. The van der Waals surface area contributed by atoms with Gasteiger partial charge in [0.05, 0.1) is 27.7 Å². The zero-order chi connectivity index (χ0) is 39.8. The first-order valence-corrected chi connectivity index (χ1v) is 20.0. The Labute approximate surface area is 396 Å². The third-order valence-corrected chi connectivity index (χ3v) is 11.5. The number of aromatic nitrogens is 4. The van der Waals surface area contributed by atoms with Crippen LogP contribution < -0.4 is 51.4 Å². The molecule has 4 N–H and O–H groups in total. The molecule has 9 nitrogen and oxygen atoms in total. The zero-order valence-electron chi connectivity index (χ0n) is 32.2. The fourth-order valence-electron chi connectivity index (χ4n) is 7.07. The number of aryl methyl sites for hydroxylation is 2. The van der Waals surface area contributed by atoms with Gasteiger partial charge in [-0.1, -0.05) is 109 Å². The van der Waals surface area contributed by atoms with E-state index in [0.717, 1.165) is 21.9 Å². The molecule has 0 saturated carbocycles. The maximum Gasteiger partial charge on any atom is 1.00 e. The molecule has 0 atom stereocenters. The Balaban J connectivity index is 0.000000165. The average molecular weight is 861 g/mol. The van der Waals surface area contributed by atoms with Crippen molar-refractivity contribution in [3.8, 4) is 0 Å². The molecule has 10 rings (SSSR count). The average Bonchev–Trinajstić information content (AvgIpc) is 3.84. The number of hydrogen-bond donors (Lipinski definition) is 3. The third-order valence-electron chi connectivity index (χ3n) is 10.1. The van der Waals surface area contributed by atoms with Gasteiger partial charge in [-0.25, -0.2) is 4.98 Å². The molecule has 0 radical (unpaired) electrons. The Morgan fingerprint density at radius 1 is 0.559 bits per heavy atom. The number of thioether (sulfide) groups is 1. The zero-order valence-corrected chi connectivity index (χ0v) is 37.7. The molecule has 288 valence electrons. The van der Waals surface area contributed by atoms with Gasteiger partial charge >= 0.3 is 51.4 Å². The molecular formula is C46H34ClKN4O5S2. The van der Waals surface area contributed by atoms with Crippen LogP contribution in [0.1, 0.15) is 85.9 Å². The van der Waals surface area contributed by atoms with Crippen LogP contribution in [0, 0.1) is 18.6 Å². The minimum absolute atomic E-state index is 0. The molecule has 2 aromatic heterocycles. The molecular weight excluding hydrogens is 827 g/mol. The van der Waals surface area contributed by atoms with Crippen LogP contribution in [0.5, 0.6) is 0 Å². The molecule has 2 aliphatic rings. The van der Waals surface area contributed by atoms with E-state index in [1.807, 2.05) is 36.4 Å². The molecule has 2 aliphatic carbocycles. The van der Waals surface area contributed by atoms with Gasteiger partial charge in [0.25, 0.3) is 0 Å². The van der Waals surface area contributed by atoms with E-state index in [4.69, 9.17) is 23.8 Å². The van der Waals surface area contributed by atoms with E-state index in [-0.39, 0.29) is 80.0 Å². The predicted octanol–water partition coefficient (Wildman–Crippen LogP) is 7.50. The Hall–Kier alpha value is -4.60. The first kappa shape index (κ1) is 44.0. The van der Waals surface area contributed by atoms with Gasteiger partial charge in [0.2, 0.25) is 0 Å². The van der Waals surface area contributed by atoms with Crippen LogP contribution in [0.2, 0.25) is 0 Å². The fraction of sp³-hybridized carbons (Fsp3) is 0.0870. The topological polar surface area (TPSA) is 159 Å². The van der Waals surface area contributed by atoms with Crippen LogP contribution in [0.4, 0.5) is 0 Å². The summed E-state index contributed by atoms with van der Waals surface area (Å²) in [6.07, 6.45) is 0. The number of carbonyl (C=O) groups is 4. The van der Waals surface area contributed by atoms with E-state index in [9.17, 15) is 19.2 Å². The number of nitrogens with one attached hydrogen (secondary N) is 3. The number of halogens is 1. The number of hydrogen-bond acceptors (Lipinski definition) is 8. The van der Waals surface area contributed by atoms with Crippen LogP contribution in [-0.4, -0.2) is 48.5 Å². The normalized spacial score (nSPS) is 12.1. The summed E-state index contributed by atoms with van der Waals surface area (Å²) in [6, 6.07) is 37.2. The van der Waals surface area contributed by atoms with Crippen molar-refractivity contribution in [2.24, 2.45) is 0 Å². The van der Waals surface area contributed by atoms with E-state index in [1.54, 1.807) is 78.5 Å². The maximum atomic E-state index is 13.1. The molecule has 59 heavy (non-hydrogen) atoms. The number of fused-ring (bicyclic) bond motifs is 8. The Kier molecular flexibility index (Phi) is 14.0. The summed E-state index contributed by atoms with van der Waals surface area (Å²) in [5, 5.41) is 0.741. The van der Waals surface area contributed by atoms with Gasteiger partial charge in [0.15, 0.2) is 33.1 Å². The van der Waals surface area contributed by atoms with Crippen molar-refractivity contribution in [3.05, 3.63) is 193 Å².